The highest BCUT2D eigenvalue weighted by Crippen LogP contribution is 1.97. The molecule has 0 aliphatic carbocycles. The first-order valence-electron chi connectivity index (χ1n) is 4.98. The summed E-state index contributed by atoms with van der Waals surface area (Å²) >= 11 is 3.89. The Morgan fingerprint density at radius 1 is 1.36 bits per heavy atom. The first-order chi connectivity index (χ1) is 6.86. The van der Waals surface area contributed by atoms with E-state index in [1.165, 1.54) is 17.3 Å². The summed E-state index contributed by atoms with van der Waals surface area (Å²) < 4.78 is 4.52. The smallest absolute Gasteiger partial charge is 0.236 e. The zero-order chi connectivity index (χ0) is 10.2. The Kier molecular flexibility index (Phi) is 6.19. The van der Waals surface area contributed by atoms with Gasteiger partial charge in [0.05, 0.1) is 13.1 Å². The van der Waals surface area contributed by atoms with Gasteiger partial charge in [0.1, 0.15) is 12.4 Å². The molecule has 14 heavy (non-hydrogen) atoms. The minimum absolute atomic E-state index is 1.12. The van der Waals surface area contributed by atoms with Crippen molar-refractivity contribution in [3.05, 3.63) is 18.7 Å². The molecular weight excluding hydrogens is 212 g/mol. The summed E-state index contributed by atoms with van der Waals surface area (Å²) in [4.78, 5) is 0. The van der Waals surface area contributed by atoms with Crippen molar-refractivity contribution in [1.82, 2.24) is 4.57 Å². The van der Waals surface area contributed by atoms with Gasteiger partial charge in [-0.15, -0.1) is 0 Å². The molecule has 0 spiro atoms. The zero-order valence-electron chi connectivity index (χ0n) is 8.98. The Morgan fingerprint density at radius 2 is 2.21 bits per heavy atom. The van der Waals surface area contributed by atoms with Crippen LogP contribution in [-0.4, -0.2) is 28.1 Å². The zero-order valence-corrected chi connectivity index (χ0v) is 10.6. The second kappa shape index (κ2) is 7.23. The number of thioether (sulfide) groups is 2. The summed E-state index contributed by atoms with van der Waals surface area (Å²) in [6, 6.07) is 0. The van der Waals surface area contributed by atoms with Gasteiger partial charge in [0.2, 0.25) is 6.33 Å². The third-order valence-corrected chi connectivity index (χ3v) is 3.47. The van der Waals surface area contributed by atoms with Crippen LogP contribution in [0.3, 0.4) is 0 Å². The number of hydrogen-bond donors (Lipinski definition) is 0. The molecule has 2 nitrogen and oxygen atoms in total. The van der Waals surface area contributed by atoms with E-state index in [4.69, 9.17) is 0 Å². The average Bonchev–Trinajstić information content (AvgIpc) is 2.63. The highest BCUT2D eigenvalue weighted by Gasteiger charge is 2.02. The van der Waals surface area contributed by atoms with Gasteiger partial charge in [-0.25, -0.2) is 9.13 Å². The van der Waals surface area contributed by atoms with Crippen molar-refractivity contribution in [3.63, 3.8) is 0 Å². The minimum Gasteiger partial charge on any atom is -0.236 e. The molecule has 0 aliphatic heterocycles. The molecule has 1 heterocycles. The molecule has 0 amide bonds. The molecule has 80 valence electrons. The van der Waals surface area contributed by atoms with Crippen molar-refractivity contribution < 1.29 is 4.57 Å². The predicted molar refractivity (Wildman–Crippen MR) is 66.0 cm³/mol. The molecule has 0 fully saturated rings. The molecule has 0 radical (unpaired) electrons. The normalized spacial score (nSPS) is 10.7. The molecule has 0 unspecified atom stereocenters. The van der Waals surface area contributed by atoms with Crippen LogP contribution >= 0.6 is 23.5 Å². The molecule has 0 N–H and O–H groups in total. The van der Waals surface area contributed by atoms with E-state index in [9.17, 15) is 0 Å². The molecule has 1 rings (SSSR count). The van der Waals surface area contributed by atoms with Crippen LogP contribution in [-0.2, 0) is 13.1 Å². The number of aromatic nitrogens is 2. The van der Waals surface area contributed by atoms with Crippen molar-refractivity contribution >= 4 is 23.5 Å². The third-order valence-electron chi connectivity index (χ3n) is 2.00. The third kappa shape index (κ3) is 4.42. The maximum absolute atomic E-state index is 2.27. The van der Waals surface area contributed by atoms with Crippen molar-refractivity contribution in [1.29, 1.82) is 0 Å². The molecule has 0 saturated heterocycles. The van der Waals surface area contributed by atoms with E-state index in [1.807, 2.05) is 23.5 Å². The quantitative estimate of drug-likeness (QED) is 0.523. The van der Waals surface area contributed by atoms with Gasteiger partial charge in [0.25, 0.3) is 0 Å². The summed E-state index contributed by atoms with van der Waals surface area (Å²) in [6.45, 7) is 4.46. The summed E-state index contributed by atoms with van der Waals surface area (Å²) in [5.74, 6) is 3.62. The van der Waals surface area contributed by atoms with Crippen LogP contribution in [0.25, 0.3) is 0 Å². The summed E-state index contributed by atoms with van der Waals surface area (Å²) in [5.41, 5.74) is 0. The predicted octanol–water partition coefficient (Wildman–Crippen LogP) is 1.89. The van der Waals surface area contributed by atoms with Crippen LogP contribution < -0.4 is 4.57 Å². The van der Waals surface area contributed by atoms with Crippen molar-refractivity contribution in [2.75, 3.05) is 23.5 Å². The fraction of sp³-hybridized carbons (Fsp3) is 0.700. The molecule has 1 aromatic heterocycles. The maximum atomic E-state index is 2.27. The van der Waals surface area contributed by atoms with Crippen LogP contribution in [0.15, 0.2) is 18.7 Å². The van der Waals surface area contributed by atoms with Gasteiger partial charge >= 0.3 is 0 Å². The fourth-order valence-corrected chi connectivity index (χ4v) is 2.24. The first-order valence-corrected chi connectivity index (χ1v) is 7.53. The Hall–Kier alpha value is -0.0900. The van der Waals surface area contributed by atoms with E-state index in [0.717, 1.165) is 13.1 Å². The van der Waals surface area contributed by atoms with Gasteiger partial charge in [-0.2, -0.15) is 23.5 Å². The van der Waals surface area contributed by atoms with Crippen LogP contribution in [0.1, 0.15) is 6.92 Å². The molecule has 0 bridgehead atoms. The van der Waals surface area contributed by atoms with Gasteiger partial charge in [-0.05, 0) is 12.0 Å². The number of hydrogen-bond acceptors (Lipinski definition) is 2. The summed E-state index contributed by atoms with van der Waals surface area (Å²) in [7, 11) is 0. The maximum Gasteiger partial charge on any atom is 0.243 e. The lowest BCUT2D eigenvalue weighted by Crippen LogP contribution is -2.32. The van der Waals surface area contributed by atoms with Gasteiger partial charge in [0.15, 0.2) is 0 Å². The second-order valence-electron chi connectivity index (χ2n) is 3.08. The van der Waals surface area contributed by atoms with Crippen LogP contribution in [0.2, 0.25) is 0 Å². The lowest BCUT2D eigenvalue weighted by molar-refractivity contribution is -0.691. The molecule has 0 atom stereocenters. The van der Waals surface area contributed by atoms with Gasteiger partial charge < -0.3 is 0 Å². The molecular formula is C10H19N2S2+. The topological polar surface area (TPSA) is 8.81 Å². The molecule has 0 aliphatic rings. The van der Waals surface area contributed by atoms with Crippen molar-refractivity contribution in [3.8, 4) is 0 Å². The Balaban J connectivity index is 2.27. The van der Waals surface area contributed by atoms with E-state index < -0.39 is 0 Å². The summed E-state index contributed by atoms with van der Waals surface area (Å²) in [5, 5.41) is 0. The van der Waals surface area contributed by atoms with Crippen molar-refractivity contribution in [2.45, 2.75) is 20.0 Å². The number of aryl methyl sites for hydroxylation is 2. The molecule has 0 aromatic carbocycles. The van der Waals surface area contributed by atoms with E-state index in [0.29, 0.717) is 0 Å². The van der Waals surface area contributed by atoms with Crippen LogP contribution in [0, 0.1) is 0 Å². The van der Waals surface area contributed by atoms with Crippen LogP contribution in [0.5, 0.6) is 0 Å². The molecule has 4 heteroatoms. The van der Waals surface area contributed by atoms with E-state index >= 15 is 0 Å². The SMILES string of the molecule is CCSCC[n+]1ccn(CCSC)c1. The highest BCUT2D eigenvalue weighted by atomic mass is 32.2. The van der Waals surface area contributed by atoms with Gasteiger partial charge in [-0.1, -0.05) is 6.92 Å². The average molecular weight is 231 g/mol. The van der Waals surface area contributed by atoms with E-state index in [2.05, 4.69) is 41.0 Å². The molecule has 0 saturated carbocycles. The number of imidazole rings is 1. The second-order valence-corrected chi connectivity index (χ2v) is 5.46. The highest BCUT2D eigenvalue weighted by molar-refractivity contribution is 7.99. The number of nitrogens with zero attached hydrogens (tertiary/aromatic N) is 2. The van der Waals surface area contributed by atoms with E-state index in [1.54, 1.807) is 0 Å². The Labute approximate surface area is 95.1 Å². The first kappa shape index (κ1) is 12.0. The van der Waals surface area contributed by atoms with E-state index in [-0.39, 0.29) is 0 Å². The lowest BCUT2D eigenvalue weighted by Gasteiger charge is -1.95. The Bertz CT molecular complexity index is 248. The fourth-order valence-electron chi connectivity index (χ4n) is 1.21. The lowest BCUT2D eigenvalue weighted by atomic mass is 10.7. The standard InChI is InChI=1S/C10H19N2S2/c1-3-14-9-7-12-5-4-11(10-12)6-8-13-2/h4-5,10H,3,6-9H2,1-2H3/q+1. The number of rotatable bonds is 7. The molecule has 1 aromatic rings. The van der Waals surface area contributed by atoms with Crippen molar-refractivity contribution in [2.24, 2.45) is 0 Å². The van der Waals surface area contributed by atoms with Crippen LogP contribution in [0.4, 0.5) is 0 Å². The monoisotopic (exact) mass is 231 g/mol. The Morgan fingerprint density at radius 3 is 2.93 bits per heavy atom. The van der Waals surface area contributed by atoms with Gasteiger partial charge in [-0.3, -0.25) is 0 Å². The summed E-state index contributed by atoms with van der Waals surface area (Å²) in [6.07, 6.45) is 8.67. The largest absolute Gasteiger partial charge is 0.243 e. The van der Waals surface area contributed by atoms with Gasteiger partial charge in [0, 0.05) is 11.5 Å². The minimum atomic E-state index is 1.12.